The summed E-state index contributed by atoms with van der Waals surface area (Å²) >= 11 is 6.00. The summed E-state index contributed by atoms with van der Waals surface area (Å²) in [5, 5.41) is 3.38. The van der Waals surface area contributed by atoms with Gasteiger partial charge in [-0.1, -0.05) is 48.0 Å². The van der Waals surface area contributed by atoms with E-state index in [1.165, 1.54) is 0 Å². The van der Waals surface area contributed by atoms with Gasteiger partial charge in [-0.2, -0.15) is 0 Å². The number of hydrogen-bond donors (Lipinski definition) is 1. The molecule has 0 aliphatic carbocycles. The van der Waals surface area contributed by atoms with Crippen LogP contribution in [0.25, 0.3) is 0 Å². The minimum absolute atomic E-state index is 0.0143. The van der Waals surface area contributed by atoms with Crippen LogP contribution in [0.15, 0.2) is 48.5 Å². The quantitative estimate of drug-likeness (QED) is 0.909. The highest BCUT2D eigenvalue weighted by molar-refractivity contribution is 6.31. The lowest BCUT2D eigenvalue weighted by molar-refractivity contribution is -0.121. The van der Waals surface area contributed by atoms with Crippen LogP contribution in [0.3, 0.4) is 0 Å². The number of benzene rings is 2. The van der Waals surface area contributed by atoms with E-state index in [9.17, 15) is 4.79 Å². The van der Waals surface area contributed by atoms with Crippen molar-refractivity contribution in [1.29, 1.82) is 0 Å². The first-order valence-corrected chi connectivity index (χ1v) is 6.70. The molecule has 0 heterocycles. The molecule has 4 heteroatoms. The number of halogens is 1. The van der Waals surface area contributed by atoms with Gasteiger partial charge in [0.25, 0.3) is 0 Å². The Labute approximate surface area is 123 Å². The average Bonchev–Trinajstić information content (AvgIpc) is 2.44. The molecule has 2 aromatic rings. The Morgan fingerprint density at radius 2 is 1.95 bits per heavy atom. The molecule has 0 aromatic heterocycles. The number of ether oxygens (including phenoxy) is 1. The van der Waals surface area contributed by atoms with Crippen LogP contribution in [-0.4, -0.2) is 12.5 Å². The second-order valence-corrected chi connectivity index (χ2v) is 4.90. The number of carbonyl (C=O) groups excluding carboxylic acids is 1. The maximum Gasteiger partial charge on any atom is 0.250 e. The Bertz CT molecular complexity index is 584. The zero-order valence-electron chi connectivity index (χ0n) is 11.2. The summed E-state index contributed by atoms with van der Waals surface area (Å²) in [6, 6.07) is 15.1. The molecule has 0 atom stereocenters. The van der Waals surface area contributed by atoms with Crippen LogP contribution in [0.5, 0.6) is 0 Å². The van der Waals surface area contributed by atoms with Crippen molar-refractivity contribution in [3.05, 3.63) is 64.7 Å². The maximum absolute atomic E-state index is 11.7. The monoisotopic (exact) mass is 289 g/mol. The molecule has 0 bridgehead atoms. The van der Waals surface area contributed by atoms with E-state index in [1.807, 2.05) is 49.4 Å². The molecule has 2 rings (SSSR count). The van der Waals surface area contributed by atoms with Gasteiger partial charge in [-0.05, 0) is 30.2 Å². The highest BCUT2D eigenvalue weighted by Crippen LogP contribution is 2.19. The van der Waals surface area contributed by atoms with Crippen molar-refractivity contribution in [3.63, 3.8) is 0 Å². The van der Waals surface area contributed by atoms with Crippen molar-refractivity contribution in [2.24, 2.45) is 0 Å². The highest BCUT2D eigenvalue weighted by atomic mass is 35.5. The van der Waals surface area contributed by atoms with Crippen molar-refractivity contribution >= 4 is 23.2 Å². The molecule has 3 nitrogen and oxygen atoms in total. The summed E-state index contributed by atoms with van der Waals surface area (Å²) < 4.78 is 5.36. The number of amides is 1. The Kier molecular flexibility index (Phi) is 5.16. The third-order valence-corrected chi connectivity index (χ3v) is 3.21. The third-order valence-electron chi connectivity index (χ3n) is 2.80. The summed E-state index contributed by atoms with van der Waals surface area (Å²) in [5.41, 5.74) is 2.69. The van der Waals surface area contributed by atoms with Crippen LogP contribution >= 0.6 is 11.6 Å². The number of hydrogen-bond acceptors (Lipinski definition) is 2. The number of anilines is 1. The molecule has 0 saturated carbocycles. The first-order valence-electron chi connectivity index (χ1n) is 6.33. The lowest BCUT2D eigenvalue weighted by Gasteiger charge is -2.07. The fourth-order valence-electron chi connectivity index (χ4n) is 1.70. The van der Waals surface area contributed by atoms with E-state index in [-0.39, 0.29) is 12.5 Å². The second kappa shape index (κ2) is 7.08. The van der Waals surface area contributed by atoms with Crippen LogP contribution in [0.1, 0.15) is 11.1 Å². The fourth-order valence-corrected chi connectivity index (χ4v) is 1.88. The van der Waals surface area contributed by atoms with Crippen LogP contribution in [0.2, 0.25) is 5.02 Å². The number of carbonyl (C=O) groups is 1. The lowest BCUT2D eigenvalue weighted by Crippen LogP contribution is -2.18. The van der Waals surface area contributed by atoms with Crippen molar-refractivity contribution in [3.8, 4) is 0 Å². The van der Waals surface area contributed by atoms with Crippen molar-refractivity contribution in [2.45, 2.75) is 13.5 Å². The minimum atomic E-state index is -0.194. The summed E-state index contributed by atoms with van der Waals surface area (Å²) in [4.78, 5) is 11.7. The predicted octanol–water partition coefficient (Wildman–Crippen LogP) is 3.80. The highest BCUT2D eigenvalue weighted by Gasteiger charge is 2.04. The Morgan fingerprint density at radius 1 is 1.20 bits per heavy atom. The molecule has 0 aliphatic heterocycles. The topological polar surface area (TPSA) is 38.3 Å². The molecular weight excluding hydrogens is 274 g/mol. The Hall–Kier alpha value is -1.84. The van der Waals surface area contributed by atoms with Gasteiger partial charge in [-0.3, -0.25) is 4.79 Å². The Balaban J connectivity index is 1.79. The molecule has 1 N–H and O–H groups in total. The fraction of sp³-hybridized carbons (Fsp3) is 0.188. The van der Waals surface area contributed by atoms with E-state index in [4.69, 9.17) is 16.3 Å². The van der Waals surface area contributed by atoms with Crippen LogP contribution in [0.4, 0.5) is 5.69 Å². The molecule has 0 spiro atoms. The van der Waals surface area contributed by atoms with Gasteiger partial charge in [0.15, 0.2) is 0 Å². The average molecular weight is 290 g/mol. The van der Waals surface area contributed by atoms with Crippen molar-refractivity contribution < 1.29 is 9.53 Å². The molecule has 0 fully saturated rings. The van der Waals surface area contributed by atoms with Crippen molar-refractivity contribution in [1.82, 2.24) is 0 Å². The van der Waals surface area contributed by atoms with Gasteiger partial charge in [-0.25, -0.2) is 0 Å². The van der Waals surface area contributed by atoms with E-state index >= 15 is 0 Å². The minimum Gasteiger partial charge on any atom is -0.367 e. The molecule has 20 heavy (non-hydrogen) atoms. The molecule has 1 amide bonds. The molecule has 0 aliphatic rings. The van der Waals surface area contributed by atoms with Crippen LogP contribution in [-0.2, 0) is 16.1 Å². The van der Waals surface area contributed by atoms with Gasteiger partial charge in [0.2, 0.25) is 5.91 Å². The SMILES string of the molecule is Cc1ccc(NC(=O)COCc2ccccc2)cc1Cl. The largest absolute Gasteiger partial charge is 0.367 e. The van der Waals surface area contributed by atoms with E-state index in [0.717, 1.165) is 11.1 Å². The molecule has 104 valence electrons. The summed E-state index contributed by atoms with van der Waals surface area (Å²) in [7, 11) is 0. The van der Waals surface area contributed by atoms with Gasteiger partial charge >= 0.3 is 0 Å². The maximum atomic E-state index is 11.7. The smallest absolute Gasteiger partial charge is 0.250 e. The Morgan fingerprint density at radius 3 is 2.65 bits per heavy atom. The standard InChI is InChI=1S/C16H16ClNO2/c1-12-7-8-14(9-15(12)17)18-16(19)11-20-10-13-5-3-2-4-6-13/h2-9H,10-11H2,1H3,(H,18,19). The molecule has 0 radical (unpaired) electrons. The van der Waals surface area contributed by atoms with E-state index in [1.54, 1.807) is 6.07 Å². The van der Waals surface area contributed by atoms with Gasteiger partial charge < -0.3 is 10.1 Å². The van der Waals surface area contributed by atoms with E-state index < -0.39 is 0 Å². The zero-order chi connectivity index (χ0) is 14.4. The predicted molar refractivity (Wildman–Crippen MR) is 80.9 cm³/mol. The summed E-state index contributed by atoms with van der Waals surface area (Å²) in [5.74, 6) is -0.194. The zero-order valence-corrected chi connectivity index (χ0v) is 12.0. The molecular formula is C16H16ClNO2. The number of rotatable bonds is 5. The van der Waals surface area contributed by atoms with Gasteiger partial charge in [0.1, 0.15) is 6.61 Å². The molecule has 0 saturated heterocycles. The summed E-state index contributed by atoms with van der Waals surface area (Å²) in [6.07, 6.45) is 0. The first kappa shape index (κ1) is 14.6. The molecule has 2 aromatic carbocycles. The second-order valence-electron chi connectivity index (χ2n) is 4.49. The van der Waals surface area contributed by atoms with Crippen LogP contribution in [0, 0.1) is 6.92 Å². The van der Waals surface area contributed by atoms with E-state index in [0.29, 0.717) is 17.3 Å². The number of nitrogens with one attached hydrogen (secondary N) is 1. The first-order chi connectivity index (χ1) is 9.65. The van der Waals surface area contributed by atoms with Crippen LogP contribution < -0.4 is 5.32 Å². The van der Waals surface area contributed by atoms with Gasteiger partial charge in [-0.15, -0.1) is 0 Å². The summed E-state index contributed by atoms with van der Waals surface area (Å²) in [6.45, 7) is 2.35. The number of aryl methyl sites for hydroxylation is 1. The van der Waals surface area contributed by atoms with Gasteiger partial charge in [0, 0.05) is 10.7 Å². The lowest BCUT2D eigenvalue weighted by atomic mass is 10.2. The normalized spacial score (nSPS) is 10.3. The molecule has 0 unspecified atom stereocenters. The van der Waals surface area contributed by atoms with Gasteiger partial charge in [0.05, 0.1) is 6.61 Å². The van der Waals surface area contributed by atoms with E-state index in [2.05, 4.69) is 5.32 Å². The van der Waals surface area contributed by atoms with Crippen molar-refractivity contribution in [2.75, 3.05) is 11.9 Å². The third kappa shape index (κ3) is 4.37.